The zero-order chi connectivity index (χ0) is 12.8. The van der Waals surface area contributed by atoms with E-state index in [0.29, 0.717) is 6.61 Å². The number of ether oxygens (including phenoxy) is 1. The molecule has 0 atom stereocenters. The predicted octanol–water partition coefficient (Wildman–Crippen LogP) is 1.41. The number of hydrazine groups is 1. The first kappa shape index (κ1) is 13.7. The molecule has 0 aliphatic rings. The van der Waals surface area contributed by atoms with Crippen LogP contribution in [0.3, 0.4) is 0 Å². The highest BCUT2D eigenvalue weighted by molar-refractivity contribution is 5.76. The molecule has 0 aliphatic heterocycles. The van der Waals surface area contributed by atoms with Gasteiger partial charge in [0.05, 0.1) is 6.61 Å². The molecule has 0 spiro atoms. The van der Waals surface area contributed by atoms with Crippen LogP contribution in [0.5, 0.6) is 0 Å². The molecule has 0 saturated carbocycles. The molecule has 4 heteroatoms. The van der Waals surface area contributed by atoms with Crippen LogP contribution in [-0.4, -0.2) is 31.6 Å². The molecule has 1 aromatic carbocycles. The van der Waals surface area contributed by atoms with Crippen molar-refractivity contribution in [2.24, 2.45) is 0 Å². The molecule has 1 N–H and O–H groups in total. The summed E-state index contributed by atoms with van der Waals surface area (Å²) in [6.45, 7) is 4.68. The highest BCUT2D eigenvalue weighted by Gasteiger charge is 2.02. The van der Waals surface area contributed by atoms with Gasteiger partial charge in [-0.2, -0.15) is 0 Å². The quantitative estimate of drug-likeness (QED) is 0.786. The number of rotatable bonds is 5. The Balaban J connectivity index is 2.36. The van der Waals surface area contributed by atoms with Crippen LogP contribution in [-0.2, 0) is 16.1 Å². The van der Waals surface area contributed by atoms with Gasteiger partial charge in [-0.25, -0.2) is 5.01 Å². The molecule has 4 nitrogen and oxygen atoms in total. The second kappa shape index (κ2) is 6.37. The maximum absolute atomic E-state index is 11.3. The minimum Gasteiger partial charge on any atom is -0.367 e. The second-order valence-electron chi connectivity index (χ2n) is 4.34. The molecule has 0 fully saturated rings. The van der Waals surface area contributed by atoms with Crippen molar-refractivity contribution in [1.29, 1.82) is 0 Å². The van der Waals surface area contributed by atoms with E-state index in [9.17, 15) is 4.79 Å². The molecule has 0 heterocycles. The van der Waals surface area contributed by atoms with E-state index in [1.165, 1.54) is 11.1 Å². The standard InChI is InChI=1S/C13H20N2O2/c1-10-5-6-12(7-11(10)2)8-17-9-13(16)14-15(3)4/h5-7H,8-9H2,1-4H3,(H,14,16). The van der Waals surface area contributed by atoms with Crippen molar-refractivity contribution in [3.8, 4) is 0 Å². The molecule has 0 aliphatic carbocycles. The Hall–Kier alpha value is -1.39. The summed E-state index contributed by atoms with van der Waals surface area (Å²) in [6, 6.07) is 6.17. The van der Waals surface area contributed by atoms with E-state index in [4.69, 9.17) is 4.74 Å². The number of carbonyl (C=O) groups excluding carboxylic acids is 1. The summed E-state index contributed by atoms with van der Waals surface area (Å²) < 4.78 is 5.34. The maximum Gasteiger partial charge on any atom is 0.260 e. The summed E-state index contributed by atoms with van der Waals surface area (Å²) in [6.07, 6.45) is 0. The van der Waals surface area contributed by atoms with E-state index >= 15 is 0 Å². The fraction of sp³-hybridized carbons (Fsp3) is 0.462. The van der Waals surface area contributed by atoms with Gasteiger partial charge in [-0.15, -0.1) is 0 Å². The van der Waals surface area contributed by atoms with Crippen LogP contribution >= 0.6 is 0 Å². The Bertz CT molecular complexity index is 389. The number of aryl methyl sites for hydroxylation is 2. The Kier molecular flexibility index (Phi) is 5.12. The molecule has 0 saturated heterocycles. The van der Waals surface area contributed by atoms with Crippen molar-refractivity contribution < 1.29 is 9.53 Å². The summed E-state index contributed by atoms with van der Waals surface area (Å²) in [4.78, 5) is 11.3. The molecular formula is C13H20N2O2. The number of benzene rings is 1. The average molecular weight is 236 g/mol. The molecule has 94 valence electrons. The zero-order valence-corrected chi connectivity index (χ0v) is 10.9. The zero-order valence-electron chi connectivity index (χ0n) is 10.9. The third-order valence-corrected chi connectivity index (χ3v) is 2.42. The van der Waals surface area contributed by atoms with Crippen molar-refractivity contribution in [3.05, 3.63) is 34.9 Å². The van der Waals surface area contributed by atoms with Crippen LogP contribution < -0.4 is 5.43 Å². The van der Waals surface area contributed by atoms with Crippen LogP contribution in [0.4, 0.5) is 0 Å². The smallest absolute Gasteiger partial charge is 0.260 e. The molecule has 1 amide bonds. The molecule has 0 unspecified atom stereocenters. The minimum atomic E-state index is -0.140. The summed E-state index contributed by atoms with van der Waals surface area (Å²) in [5.41, 5.74) is 6.21. The Morgan fingerprint density at radius 3 is 2.59 bits per heavy atom. The van der Waals surface area contributed by atoms with Gasteiger partial charge in [-0.1, -0.05) is 18.2 Å². The van der Waals surface area contributed by atoms with Gasteiger partial charge >= 0.3 is 0 Å². The van der Waals surface area contributed by atoms with Crippen LogP contribution in [0, 0.1) is 13.8 Å². The average Bonchev–Trinajstić information content (AvgIpc) is 2.22. The summed E-state index contributed by atoms with van der Waals surface area (Å²) in [7, 11) is 3.53. The lowest BCUT2D eigenvalue weighted by Gasteiger charge is -2.12. The van der Waals surface area contributed by atoms with Gasteiger partial charge in [0, 0.05) is 14.1 Å². The van der Waals surface area contributed by atoms with Crippen molar-refractivity contribution in [2.45, 2.75) is 20.5 Å². The van der Waals surface area contributed by atoms with Crippen LogP contribution in [0.25, 0.3) is 0 Å². The lowest BCUT2D eigenvalue weighted by molar-refractivity contribution is -0.129. The predicted molar refractivity (Wildman–Crippen MR) is 67.4 cm³/mol. The van der Waals surface area contributed by atoms with Gasteiger partial charge in [0.15, 0.2) is 0 Å². The normalized spacial score (nSPS) is 10.6. The van der Waals surface area contributed by atoms with Gasteiger partial charge in [-0.05, 0) is 30.5 Å². The molecule has 1 rings (SSSR count). The first-order valence-electron chi connectivity index (χ1n) is 5.59. The van der Waals surface area contributed by atoms with Crippen LogP contribution in [0.1, 0.15) is 16.7 Å². The van der Waals surface area contributed by atoms with E-state index in [2.05, 4.69) is 31.4 Å². The highest BCUT2D eigenvalue weighted by atomic mass is 16.5. The number of amides is 1. The summed E-state index contributed by atoms with van der Waals surface area (Å²) in [5.74, 6) is -0.140. The van der Waals surface area contributed by atoms with Crippen molar-refractivity contribution in [2.75, 3.05) is 20.7 Å². The second-order valence-corrected chi connectivity index (χ2v) is 4.34. The number of nitrogens with one attached hydrogen (secondary N) is 1. The topological polar surface area (TPSA) is 41.6 Å². The lowest BCUT2D eigenvalue weighted by Crippen LogP contribution is -2.38. The maximum atomic E-state index is 11.3. The molecule has 0 aromatic heterocycles. The van der Waals surface area contributed by atoms with Crippen LogP contribution in [0.15, 0.2) is 18.2 Å². The third-order valence-electron chi connectivity index (χ3n) is 2.42. The van der Waals surface area contributed by atoms with Gasteiger partial charge in [-0.3, -0.25) is 10.2 Å². The summed E-state index contributed by atoms with van der Waals surface area (Å²) in [5, 5.41) is 1.60. The fourth-order valence-electron chi connectivity index (χ4n) is 1.44. The number of nitrogens with zero attached hydrogens (tertiary/aromatic N) is 1. The van der Waals surface area contributed by atoms with E-state index in [-0.39, 0.29) is 12.5 Å². The van der Waals surface area contributed by atoms with Crippen molar-refractivity contribution >= 4 is 5.91 Å². The number of hydrogen-bond donors (Lipinski definition) is 1. The summed E-state index contributed by atoms with van der Waals surface area (Å²) >= 11 is 0. The van der Waals surface area contributed by atoms with Crippen LogP contribution in [0.2, 0.25) is 0 Å². The lowest BCUT2D eigenvalue weighted by atomic mass is 10.1. The van der Waals surface area contributed by atoms with Crippen molar-refractivity contribution in [3.63, 3.8) is 0 Å². The van der Waals surface area contributed by atoms with E-state index in [1.807, 2.05) is 6.07 Å². The third kappa shape index (κ3) is 4.97. The number of carbonyl (C=O) groups is 1. The highest BCUT2D eigenvalue weighted by Crippen LogP contribution is 2.10. The largest absolute Gasteiger partial charge is 0.367 e. The van der Waals surface area contributed by atoms with Gasteiger partial charge in [0.2, 0.25) is 0 Å². The molecule has 0 radical (unpaired) electrons. The minimum absolute atomic E-state index is 0.0745. The van der Waals surface area contributed by atoms with E-state index in [0.717, 1.165) is 5.56 Å². The molecular weight excluding hydrogens is 216 g/mol. The van der Waals surface area contributed by atoms with Gasteiger partial charge in [0.1, 0.15) is 6.61 Å². The molecule has 17 heavy (non-hydrogen) atoms. The first-order valence-corrected chi connectivity index (χ1v) is 5.59. The van der Waals surface area contributed by atoms with E-state index < -0.39 is 0 Å². The fourth-order valence-corrected chi connectivity index (χ4v) is 1.44. The molecule has 0 bridgehead atoms. The molecule has 1 aromatic rings. The van der Waals surface area contributed by atoms with E-state index in [1.54, 1.807) is 19.1 Å². The Labute approximate surface area is 103 Å². The van der Waals surface area contributed by atoms with Gasteiger partial charge < -0.3 is 4.74 Å². The first-order chi connectivity index (χ1) is 7.99. The monoisotopic (exact) mass is 236 g/mol. The van der Waals surface area contributed by atoms with Gasteiger partial charge in [0.25, 0.3) is 5.91 Å². The Morgan fingerprint density at radius 2 is 2.00 bits per heavy atom. The van der Waals surface area contributed by atoms with Crippen molar-refractivity contribution in [1.82, 2.24) is 10.4 Å². The SMILES string of the molecule is Cc1ccc(COCC(=O)NN(C)C)cc1C. The Morgan fingerprint density at radius 1 is 1.29 bits per heavy atom. The number of hydrogen-bond acceptors (Lipinski definition) is 3.